The molecule has 0 atom stereocenters. The Hall–Kier alpha value is -3.37. The van der Waals surface area contributed by atoms with E-state index in [9.17, 15) is 4.79 Å². The number of para-hydroxylation sites is 3. The van der Waals surface area contributed by atoms with E-state index in [1.165, 1.54) is 23.1 Å². The Morgan fingerprint density at radius 3 is 2.61 bits per heavy atom. The zero-order valence-corrected chi connectivity index (χ0v) is 18.2. The highest BCUT2D eigenvalue weighted by atomic mass is 32.2. The molecule has 2 aromatic carbocycles. The molecular weight excluding hydrogens is 434 g/mol. The van der Waals surface area contributed by atoms with Crippen LogP contribution in [0.3, 0.4) is 0 Å². The molecule has 0 saturated heterocycles. The summed E-state index contributed by atoms with van der Waals surface area (Å²) in [5, 5.41) is 14.3. The second-order valence-electron chi connectivity index (χ2n) is 6.18. The van der Waals surface area contributed by atoms with Gasteiger partial charge in [-0.3, -0.25) is 9.36 Å². The Labute approximate surface area is 187 Å². The molecule has 2 heterocycles. The largest absolute Gasteiger partial charge is 0.493 e. The highest BCUT2D eigenvalue weighted by molar-refractivity contribution is 7.99. The van der Waals surface area contributed by atoms with Crippen LogP contribution in [-0.2, 0) is 11.4 Å². The van der Waals surface area contributed by atoms with E-state index < -0.39 is 0 Å². The number of rotatable bonds is 9. The van der Waals surface area contributed by atoms with Crippen molar-refractivity contribution in [2.75, 3.05) is 18.2 Å². The van der Waals surface area contributed by atoms with Gasteiger partial charge >= 0.3 is 0 Å². The van der Waals surface area contributed by atoms with E-state index >= 15 is 0 Å². The molecule has 158 valence electrons. The van der Waals surface area contributed by atoms with Crippen molar-refractivity contribution >= 4 is 34.1 Å². The molecule has 4 rings (SSSR count). The summed E-state index contributed by atoms with van der Waals surface area (Å²) in [4.78, 5) is 16.3. The quantitative estimate of drug-likeness (QED) is 0.382. The summed E-state index contributed by atoms with van der Waals surface area (Å²) in [6, 6.07) is 17.1. The number of nitrogens with zero attached hydrogens (tertiary/aromatic N) is 4. The lowest BCUT2D eigenvalue weighted by Crippen LogP contribution is -2.14. The van der Waals surface area contributed by atoms with Crippen LogP contribution in [0.25, 0.3) is 5.69 Å². The number of ether oxygens (including phenoxy) is 2. The first kappa shape index (κ1) is 20.9. The molecule has 31 heavy (non-hydrogen) atoms. The van der Waals surface area contributed by atoms with Gasteiger partial charge in [0.15, 0.2) is 27.6 Å². The lowest BCUT2D eigenvalue weighted by molar-refractivity contribution is -0.113. The van der Waals surface area contributed by atoms with E-state index in [1.54, 1.807) is 13.3 Å². The van der Waals surface area contributed by atoms with Gasteiger partial charge in [0.05, 0.1) is 12.9 Å². The summed E-state index contributed by atoms with van der Waals surface area (Å²) in [5.74, 6) is 1.89. The van der Waals surface area contributed by atoms with Crippen molar-refractivity contribution in [3.8, 4) is 17.2 Å². The molecule has 0 saturated carbocycles. The highest BCUT2D eigenvalue weighted by Gasteiger charge is 2.17. The number of carbonyl (C=O) groups excluding carboxylic acids is 1. The Balaban J connectivity index is 1.52. The molecule has 1 amide bonds. The predicted molar refractivity (Wildman–Crippen MR) is 120 cm³/mol. The smallest absolute Gasteiger partial charge is 0.236 e. The van der Waals surface area contributed by atoms with Crippen LogP contribution in [0.2, 0.25) is 0 Å². The number of carbonyl (C=O) groups is 1. The molecule has 8 nitrogen and oxygen atoms in total. The van der Waals surface area contributed by atoms with Gasteiger partial charge < -0.3 is 14.8 Å². The van der Waals surface area contributed by atoms with E-state index in [0.717, 1.165) is 5.69 Å². The molecule has 0 aliphatic heterocycles. The molecule has 0 fully saturated rings. The number of anilines is 1. The third-order valence-electron chi connectivity index (χ3n) is 4.15. The topological polar surface area (TPSA) is 91.2 Å². The number of hydrogen-bond acceptors (Lipinski definition) is 8. The predicted octanol–water partition coefficient (Wildman–Crippen LogP) is 4.04. The second kappa shape index (κ2) is 10.1. The van der Waals surface area contributed by atoms with E-state index in [4.69, 9.17) is 9.47 Å². The highest BCUT2D eigenvalue weighted by Crippen LogP contribution is 2.28. The molecule has 10 heteroatoms. The van der Waals surface area contributed by atoms with Gasteiger partial charge in [0.2, 0.25) is 5.91 Å². The third kappa shape index (κ3) is 5.22. The van der Waals surface area contributed by atoms with Crippen LogP contribution < -0.4 is 14.8 Å². The van der Waals surface area contributed by atoms with Crippen molar-refractivity contribution < 1.29 is 14.3 Å². The SMILES string of the molecule is COc1ccccc1OCc1nnc(SCC(=O)Nc2nccs2)n1-c1ccccc1. The Morgan fingerprint density at radius 2 is 1.87 bits per heavy atom. The van der Waals surface area contributed by atoms with Crippen molar-refractivity contribution in [2.45, 2.75) is 11.8 Å². The maximum atomic E-state index is 12.3. The van der Waals surface area contributed by atoms with Crippen molar-refractivity contribution in [1.82, 2.24) is 19.7 Å². The summed E-state index contributed by atoms with van der Waals surface area (Å²) in [5.41, 5.74) is 0.883. The number of aromatic nitrogens is 4. The minimum absolute atomic E-state index is 0.158. The number of thioether (sulfide) groups is 1. The first-order valence-electron chi connectivity index (χ1n) is 9.32. The fourth-order valence-electron chi connectivity index (χ4n) is 2.77. The normalized spacial score (nSPS) is 10.6. The minimum atomic E-state index is -0.158. The van der Waals surface area contributed by atoms with Crippen molar-refractivity contribution in [3.63, 3.8) is 0 Å². The number of thiazole rings is 1. The molecule has 0 unspecified atom stereocenters. The molecule has 0 aliphatic carbocycles. The zero-order chi connectivity index (χ0) is 21.5. The van der Waals surface area contributed by atoms with Gasteiger partial charge in [0.1, 0.15) is 6.61 Å². The second-order valence-corrected chi connectivity index (χ2v) is 8.02. The van der Waals surface area contributed by atoms with Gasteiger partial charge in [-0.05, 0) is 24.3 Å². The van der Waals surface area contributed by atoms with E-state index in [0.29, 0.717) is 27.6 Å². The molecule has 0 bridgehead atoms. The van der Waals surface area contributed by atoms with Crippen LogP contribution in [-0.4, -0.2) is 38.5 Å². The first-order valence-corrected chi connectivity index (χ1v) is 11.2. The summed E-state index contributed by atoms with van der Waals surface area (Å²) in [7, 11) is 1.60. The van der Waals surface area contributed by atoms with Crippen LogP contribution in [0.1, 0.15) is 5.82 Å². The average molecular weight is 454 g/mol. The number of methoxy groups -OCH3 is 1. The number of amides is 1. The molecule has 0 spiro atoms. The van der Waals surface area contributed by atoms with E-state index in [1.807, 2.05) is 64.5 Å². The van der Waals surface area contributed by atoms with Crippen LogP contribution in [0.4, 0.5) is 5.13 Å². The first-order chi connectivity index (χ1) is 15.2. The van der Waals surface area contributed by atoms with Crippen LogP contribution >= 0.6 is 23.1 Å². The van der Waals surface area contributed by atoms with Gasteiger partial charge in [-0.15, -0.1) is 21.5 Å². The number of benzene rings is 2. The lowest BCUT2D eigenvalue weighted by Gasteiger charge is -2.12. The fourth-order valence-corrected chi connectivity index (χ4v) is 4.09. The molecular formula is C21H19N5O3S2. The summed E-state index contributed by atoms with van der Waals surface area (Å²) in [6.45, 7) is 0.189. The third-order valence-corrected chi connectivity index (χ3v) is 5.77. The maximum Gasteiger partial charge on any atom is 0.236 e. The Morgan fingerprint density at radius 1 is 1.10 bits per heavy atom. The van der Waals surface area contributed by atoms with Crippen LogP contribution in [0.15, 0.2) is 71.3 Å². The Bertz CT molecular complexity index is 1130. The van der Waals surface area contributed by atoms with Crippen molar-refractivity contribution in [1.29, 1.82) is 0 Å². The van der Waals surface area contributed by atoms with Gasteiger partial charge in [0.25, 0.3) is 0 Å². The standard InChI is InChI=1S/C21H19N5O3S2/c1-28-16-9-5-6-10-17(16)29-13-18-24-25-21(26(18)15-7-3-2-4-8-15)31-14-19(27)23-20-22-11-12-30-20/h2-12H,13-14H2,1H3,(H,22,23,27). The average Bonchev–Trinajstić information content (AvgIpc) is 3.46. The lowest BCUT2D eigenvalue weighted by atomic mass is 10.3. The molecule has 1 N–H and O–H groups in total. The Kier molecular flexibility index (Phi) is 6.80. The van der Waals surface area contributed by atoms with Gasteiger partial charge in [0, 0.05) is 17.3 Å². The van der Waals surface area contributed by atoms with Gasteiger partial charge in [-0.25, -0.2) is 4.98 Å². The molecule has 0 aliphatic rings. The van der Waals surface area contributed by atoms with Crippen LogP contribution in [0.5, 0.6) is 11.5 Å². The summed E-state index contributed by atoms with van der Waals surface area (Å²) < 4.78 is 13.2. The van der Waals surface area contributed by atoms with E-state index in [2.05, 4.69) is 20.5 Å². The number of nitrogens with one attached hydrogen (secondary N) is 1. The minimum Gasteiger partial charge on any atom is -0.493 e. The monoisotopic (exact) mass is 453 g/mol. The molecule has 4 aromatic rings. The molecule has 0 radical (unpaired) electrons. The molecule has 2 aromatic heterocycles. The van der Waals surface area contributed by atoms with Crippen molar-refractivity contribution in [2.24, 2.45) is 0 Å². The van der Waals surface area contributed by atoms with E-state index in [-0.39, 0.29) is 18.3 Å². The van der Waals surface area contributed by atoms with Crippen LogP contribution in [0, 0.1) is 0 Å². The van der Waals surface area contributed by atoms with Gasteiger partial charge in [-0.1, -0.05) is 42.1 Å². The fraction of sp³-hybridized carbons (Fsp3) is 0.143. The summed E-state index contributed by atoms with van der Waals surface area (Å²) >= 11 is 2.67. The van der Waals surface area contributed by atoms with Crippen molar-refractivity contribution in [3.05, 3.63) is 72.0 Å². The summed E-state index contributed by atoms with van der Waals surface area (Å²) in [6.07, 6.45) is 1.65. The van der Waals surface area contributed by atoms with Gasteiger partial charge in [-0.2, -0.15) is 0 Å². The zero-order valence-electron chi connectivity index (χ0n) is 16.6. The number of hydrogen-bond donors (Lipinski definition) is 1. The maximum absolute atomic E-state index is 12.3.